The Balaban J connectivity index is 1.44. The van der Waals surface area contributed by atoms with Crippen molar-refractivity contribution in [3.05, 3.63) is 76.7 Å². The first-order chi connectivity index (χ1) is 13.3. The molecular formula is C20H15BrN4O2. The van der Waals surface area contributed by atoms with Crippen LogP contribution in [0.25, 0.3) is 23.0 Å². The molecule has 0 aliphatic carbocycles. The van der Waals surface area contributed by atoms with Crippen LogP contribution in [0.15, 0.2) is 69.9 Å². The first kappa shape index (κ1) is 16.4. The van der Waals surface area contributed by atoms with Gasteiger partial charge in [0.15, 0.2) is 5.69 Å². The van der Waals surface area contributed by atoms with Crippen molar-refractivity contribution < 1.29 is 9.26 Å². The molecule has 134 valence electrons. The number of nitrogens with zero attached hydrogens (tertiary/aromatic N) is 4. The van der Waals surface area contributed by atoms with Crippen LogP contribution in [0.1, 0.15) is 17.4 Å². The van der Waals surface area contributed by atoms with E-state index in [4.69, 9.17) is 9.26 Å². The SMILES string of the molecule is Brc1ccccc1-c1noc(-c2ncn3c2COC(c2ccccc2)C3)n1. The first-order valence-electron chi connectivity index (χ1n) is 8.59. The average molecular weight is 423 g/mol. The number of imidazole rings is 1. The van der Waals surface area contributed by atoms with Gasteiger partial charge < -0.3 is 13.8 Å². The van der Waals surface area contributed by atoms with Gasteiger partial charge in [0.05, 0.1) is 25.2 Å². The number of aromatic nitrogens is 4. The van der Waals surface area contributed by atoms with Gasteiger partial charge in [-0.15, -0.1) is 0 Å². The predicted molar refractivity (Wildman–Crippen MR) is 103 cm³/mol. The summed E-state index contributed by atoms with van der Waals surface area (Å²) < 4.78 is 14.6. The number of rotatable bonds is 3. The van der Waals surface area contributed by atoms with Gasteiger partial charge in [-0.05, 0) is 17.7 Å². The van der Waals surface area contributed by atoms with Crippen molar-refractivity contribution in [2.75, 3.05) is 0 Å². The number of ether oxygens (including phenoxy) is 1. The van der Waals surface area contributed by atoms with Crippen LogP contribution in [0.3, 0.4) is 0 Å². The van der Waals surface area contributed by atoms with Crippen LogP contribution in [0.2, 0.25) is 0 Å². The van der Waals surface area contributed by atoms with E-state index in [1.54, 1.807) is 0 Å². The molecule has 1 aliphatic heterocycles. The normalized spacial score (nSPS) is 16.3. The summed E-state index contributed by atoms with van der Waals surface area (Å²) in [5, 5.41) is 4.11. The number of fused-ring (bicyclic) bond motifs is 1. The standard InChI is InChI=1S/C20H15BrN4O2/c21-15-9-5-4-8-14(15)19-23-20(27-24-19)18-16-11-26-17(10-25(16)12-22-18)13-6-2-1-3-7-13/h1-9,12,17H,10-11H2. The van der Waals surface area contributed by atoms with Crippen LogP contribution in [-0.4, -0.2) is 19.7 Å². The average Bonchev–Trinajstić information content (AvgIpc) is 3.35. The predicted octanol–water partition coefficient (Wildman–Crippen LogP) is 4.63. The Morgan fingerprint density at radius 1 is 1.04 bits per heavy atom. The minimum atomic E-state index is 0.0132. The Labute approximate surface area is 163 Å². The summed E-state index contributed by atoms with van der Waals surface area (Å²) in [4.78, 5) is 9.03. The smallest absolute Gasteiger partial charge is 0.278 e. The van der Waals surface area contributed by atoms with E-state index in [-0.39, 0.29) is 6.10 Å². The third kappa shape index (κ3) is 2.98. The van der Waals surface area contributed by atoms with Gasteiger partial charge in [-0.1, -0.05) is 63.6 Å². The summed E-state index contributed by atoms with van der Waals surface area (Å²) in [6, 6.07) is 18.0. The molecule has 6 nitrogen and oxygen atoms in total. The Morgan fingerprint density at radius 3 is 2.70 bits per heavy atom. The molecule has 0 fully saturated rings. The maximum absolute atomic E-state index is 6.06. The third-order valence-corrected chi connectivity index (χ3v) is 5.34. The quantitative estimate of drug-likeness (QED) is 0.481. The molecule has 1 unspecified atom stereocenters. The molecule has 7 heteroatoms. The fourth-order valence-electron chi connectivity index (χ4n) is 3.25. The zero-order valence-electron chi connectivity index (χ0n) is 14.2. The lowest BCUT2D eigenvalue weighted by Gasteiger charge is -2.25. The topological polar surface area (TPSA) is 66.0 Å². The maximum Gasteiger partial charge on any atom is 0.278 e. The van der Waals surface area contributed by atoms with Gasteiger partial charge in [0.25, 0.3) is 5.89 Å². The molecule has 0 saturated carbocycles. The molecule has 3 heterocycles. The summed E-state index contributed by atoms with van der Waals surface area (Å²) >= 11 is 3.52. The van der Waals surface area contributed by atoms with E-state index >= 15 is 0 Å². The van der Waals surface area contributed by atoms with Gasteiger partial charge in [-0.2, -0.15) is 4.98 Å². The van der Waals surface area contributed by atoms with E-state index in [1.807, 2.05) is 48.8 Å². The Bertz CT molecular complexity index is 1090. The van der Waals surface area contributed by atoms with Gasteiger partial charge in [-0.3, -0.25) is 0 Å². The lowest BCUT2D eigenvalue weighted by Crippen LogP contribution is -2.20. The second-order valence-electron chi connectivity index (χ2n) is 6.31. The van der Waals surface area contributed by atoms with Crippen LogP contribution in [0, 0.1) is 0 Å². The molecule has 0 saturated heterocycles. The van der Waals surface area contributed by atoms with Gasteiger partial charge in [0, 0.05) is 10.0 Å². The van der Waals surface area contributed by atoms with Crippen LogP contribution in [0.4, 0.5) is 0 Å². The van der Waals surface area contributed by atoms with Gasteiger partial charge in [0.1, 0.15) is 6.10 Å². The van der Waals surface area contributed by atoms with Crippen molar-refractivity contribution in [2.45, 2.75) is 19.3 Å². The largest absolute Gasteiger partial charge is 0.365 e. The molecule has 0 radical (unpaired) electrons. The van der Waals surface area contributed by atoms with E-state index in [0.717, 1.165) is 21.3 Å². The molecule has 2 aromatic carbocycles. The molecule has 4 aromatic rings. The van der Waals surface area contributed by atoms with E-state index in [9.17, 15) is 0 Å². The fraction of sp³-hybridized carbons (Fsp3) is 0.150. The molecule has 5 rings (SSSR count). The molecule has 27 heavy (non-hydrogen) atoms. The molecular weight excluding hydrogens is 408 g/mol. The number of benzene rings is 2. The highest BCUT2D eigenvalue weighted by Crippen LogP contribution is 2.32. The van der Waals surface area contributed by atoms with E-state index in [1.165, 1.54) is 0 Å². The molecule has 1 atom stereocenters. The van der Waals surface area contributed by atoms with Crippen molar-refractivity contribution in [1.29, 1.82) is 0 Å². The number of hydrogen-bond donors (Lipinski definition) is 0. The minimum absolute atomic E-state index is 0.0132. The van der Waals surface area contributed by atoms with E-state index in [2.05, 4.69) is 47.8 Å². The summed E-state index contributed by atoms with van der Waals surface area (Å²) in [5.74, 6) is 0.925. The van der Waals surface area contributed by atoms with Crippen molar-refractivity contribution in [3.8, 4) is 23.0 Å². The molecule has 1 aliphatic rings. The zero-order chi connectivity index (χ0) is 18.2. The maximum atomic E-state index is 6.06. The van der Waals surface area contributed by atoms with Crippen LogP contribution in [0.5, 0.6) is 0 Å². The highest BCUT2D eigenvalue weighted by molar-refractivity contribution is 9.10. The molecule has 0 spiro atoms. The fourth-order valence-corrected chi connectivity index (χ4v) is 3.71. The van der Waals surface area contributed by atoms with Crippen LogP contribution in [-0.2, 0) is 17.9 Å². The van der Waals surface area contributed by atoms with Crippen molar-refractivity contribution in [1.82, 2.24) is 19.7 Å². The minimum Gasteiger partial charge on any atom is -0.365 e. The summed E-state index contributed by atoms with van der Waals surface area (Å²) in [7, 11) is 0. The Morgan fingerprint density at radius 2 is 1.85 bits per heavy atom. The van der Waals surface area contributed by atoms with Crippen molar-refractivity contribution in [2.24, 2.45) is 0 Å². The number of hydrogen-bond acceptors (Lipinski definition) is 5. The van der Waals surface area contributed by atoms with Gasteiger partial charge in [-0.25, -0.2) is 4.98 Å². The zero-order valence-corrected chi connectivity index (χ0v) is 15.8. The lowest BCUT2D eigenvalue weighted by molar-refractivity contribution is 0.00330. The summed E-state index contributed by atoms with van der Waals surface area (Å²) in [6.45, 7) is 1.15. The van der Waals surface area contributed by atoms with Crippen molar-refractivity contribution in [3.63, 3.8) is 0 Å². The van der Waals surface area contributed by atoms with Crippen LogP contribution >= 0.6 is 15.9 Å². The van der Waals surface area contributed by atoms with Gasteiger partial charge in [0.2, 0.25) is 5.82 Å². The monoisotopic (exact) mass is 422 g/mol. The summed E-state index contributed by atoms with van der Waals surface area (Å²) in [5.41, 5.74) is 3.66. The third-order valence-electron chi connectivity index (χ3n) is 4.64. The molecule has 2 aromatic heterocycles. The van der Waals surface area contributed by atoms with E-state index in [0.29, 0.717) is 30.6 Å². The summed E-state index contributed by atoms with van der Waals surface area (Å²) in [6.07, 6.45) is 1.82. The van der Waals surface area contributed by atoms with E-state index < -0.39 is 0 Å². The molecule has 0 amide bonds. The highest BCUT2D eigenvalue weighted by Gasteiger charge is 2.26. The highest BCUT2D eigenvalue weighted by atomic mass is 79.9. The number of halogens is 1. The van der Waals surface area contributed by atoms with Crippen LogP contribution < -0.4 is 0 Å². The van der Waals surface area contributed by atoms with Gasteiger partial charge >= 0.3 is 0 Å². The Kier molecular flexibility index (Phi) is 4.10. The Hall–Kier alpha value is -2.77. The second-order valence-corrected chi connectivity index (χ2v) is 7.16. The molecule has 0 bridgehead atoms. The first-order valence-corrected chi connectivity index (χ1v) is 9.38. The molecule has 0 N–H and O–H groups in total. The second kappa shape index (κ2) is 6.75. The lowest BCUT2D eigenvalue weighted by atomic mass is 10.1. The van der Waals surface area contributed by atoms with Crippen molar-refractivity contribution >= 4 is 15.9 Å².